The predicted molar refractivity (Wildman–Crippen MR) is 129 cm³/mol. The number of nitrogens with zero attached hydrogens (tertiary/aromatic N) is 2. The number of aryl methyl sites for hydroxylation is 4. The monoisotopic (exact) mass is 388 g/mol. The van der Waals surface area contributed by atoms with Gasteiger partial charge in [-0.2, -0.15) is 0 Å². The summed E-state index contributed by atoms with van der Waals surface area (Å²) in [6, 6.07) is 26.9. The quantitative estimate of drug-likeness (QED) is 0.280. The van der Waals surface area contributed by atoms with Crippen LogP contribution in [0.4, 0.5) is 0 Å². The lowest BCUT2D eigenvalue weighted by atomic mass is 9.93. The molecule has 0 saturated carbocycles. The molecule has 30 heavy (non-hydrogen) atoms. The Hall–Kier alpha value is -3.52. The van der Waals surface area contributed by atoms with Crippen LogP contribution >= 0.6 is 0 Å². The van der Waals surface area contributed by atoms with Gasteiger partial charge < -0.3 is 9.13 Å². The van der Waals surface area contributed by atoms with E-state index in [-0.39, 0.29) is 0 Å². The van der Waals surface area contributed by atoms with Gasteiger partial charge in [-0.05, 0) is 72.5 Å². The molecule has 0 N–H and O–H groups in total. The van der Waals surface area contributed by atoms with Crippen LogP contribution in [0.3, 0.4) is 0 Å². The Kier molecular flexibility index (Phi) is 3.47. The van der Waals surface area contributed by atoms with Gasteiger partial charge in [0.15, 0.2) is 0 Å². The van der Waals surface area contributed by atoms with E-state index in [0.29, 0.717) is 0 Å². The van der Waals surface area contributed by atoms with E-state index in [1.807, 2.05) is 0 Å². The van der Waals surface area contributed by atoms with E-state index in [2.05, 4.69) is 110 Å². The Bertz CT molecular complexity index is 1500. The van der Waals surface area contributed by atoms with Crippen LogP contribution in [0.15, 0.2) is 72.8 Å². The van der Waals surface area contributed by atoms with E-state index >= 15 is 0 Å². The van der Waals surface area contributed by atoms with E-state index in [1.54, 1.807) is 0 Å². The molecule has 0 amide bonds. The van der Waals surface area contributed by atoms with E-state index < -0.39 is 0 Å². The first kappa shape index (κ1) is 17.3. The van der Waals surface area contributed by atoms with E-state index in [1.165, 1.54) is 65.9 Å². The van der Waals surface area contributed by atoms with Gasteiger partial charge in [-0.3, -0.25) is 0 Å². The van der Waals surface area contributed by atoms with Gasteiger partial charge in [-0.25, -0.2) is 0 Å². The van der Waals surface area contributed by atoms with Crippen LogP contribution in [0.1, 0.15) is 11.1 Å². The first-order valence-electron chi connectivity index (χ1n) is 10.5. The number of hydrogen-bond donors (Lipinski definition) is 0. The number of fused-ring (bicyclic) bond motifs is 6. The normalized spacial score (nSPS) is 12.0. The Morgan fingerprint density at radius 2 is 0.867 bits per heavy atom. The van der Waals surface area contributed by atoms with Gasteiger partial charge in [0, 0.05) is 57.7 Å². The molecule has 0 aliphatic rings. The molecule has 0 bridgehead atoms. The third-order valence-corrected chi connectivity index (χ3v) is 6.81. The summed E-state index contributed by atoms with van der Waals surface area (Å²) in [6.45, 7) is 4.47. The van der Waals surface area contributed by atoms with Gasteiger partial charge >= 0.3 is 0 Å². The van der Waals surface area contributed by atoms with Gasteiger partial charge in [0.2, 0.25) is 0 Å². The fraction of sp³-hybridized carbons (Fsp3) is 0.143. The first-order chi connectivity index (χ1) is 14.5. The van der Waals surface area contributed by atoms with Crippen LogP contribution in [0.5, 0.6) is 0 Å². The van der Waals surface area contributed by atoms with E-state index in [0.717, 1.165) is 0 Å². The van der Waals surface area contributed by atoms with Crippen molar-refractivity contribution in [3.63, 3.8) is 0 Å². The molecule has 2 heteroatoms. The van der Waals surface area contributed by atoms with Crippen molar-refractivity contribution in [3.05, 3.63) is 83.9 Å². The molecule has 0 fully saturated rings. The van der Waals surface area contributed by atoms with Crippen LogP contribution in [-0.2, 0) is 14.1 Å². The van der Waals surface area contributed by atoms with Crippen molar-refractivity contribution in [2.45, 2.75) is 13.8 Å². The Morgan fingerprint density at radius 3 is 1.30 bits per heavy atom. The molecule has 0 unspecified atom stereocenters. The number of hydrogen-bond acceptors (Lipinski definition) is 0. The van der Waals surface area contributed by atoms with E-state index in [4.69, 9.17) is 0 Å². The van der Waals surface area contributed by atoms with Crippen LogP contribution in [0.2, 0.25) is 0 Å². The highest BCUT2D eigenvalue weighted by atomic mass is 14.9. The summed E-state index contributed by atoms with van der Waals surface area (Å²) in [5.41, 5.74) is 10.4. The zero-order valence-electron chi connectivity index (χ0n) is 17.8. The molecule has 0 aliphatic carbocycles. The molecule has 4 aromatic carbocycles. The lowest BCUT2D eigenvalue weighted by Gasteiger charge is -2.12. The van der Waals surface area contributed by atoms with Gasteiger partial charge in [0.25, 0.3) is 0 Å². The maximum absolute atomic E-state index is 2.40. The number of rotatable bonds is 1. The molecule has 0 saturated heterocycles. The zero-order chi connectivity index (χ0) is 20.6. The van der Waals surface area contributed by atoms with Gasteiger partial charge in [0.1, 0.15) is 0 Å². The lowest BCUT2D eigenvalue weighted by molar-refractivity contribution is 1.01. The molecule has 6 rings (SSSR count). The molecular formula is C28H24N2. The highest BCUT2D eigenvalue weighted by Crippen LogP contribution is 2.38. The van der Waals surface area contributed by atoms with Crippen LogP contribution in [0.25, 0.3) is 54.7 Å². The molecular weight excluding hydrogens is 364 g/mol. The second kappa shape index (κ2) is 5.99. The van der Waals surface area contributed by atoms with E-state index in [9.17, 15) is 0 Å². The SMILES string of the molecule is Cc1cc2c(cc1-c1cc3c4ccccc4n(C)c3cc1C)c1ccccc1n2C. The average molecular weight is 389 g/mol. The topological polar surface area (TPSA) is 9.86 Å². The second-order valence-corrected chi connectivity index (χ2v) is 8.52. The number of benzene rings is 4. The van der Waals surface area contributed by atoms with Crippen molar-refractivity contribution >= 4 is 43.6 Å². The summed E-state index contributed by atoms with van der Waals surface area (Å²) < 4.78 is 4.62. The standard InChI is InChI=1S/C28H24N2/c1-17-13-27-23(19-9-5-7-11-25(19)29(27)3)15-21(17)22-16-24-20-10-6-8-12-26(20)30(4)28(24)14-18(22)2/h5-16H,1-4H3. The predicted octanol–water partition coefficient (Wildman–Crippen LogP) is 7.26. The van der Waals surface area contributed by atoms with Gasteiger partial charge in [0.05, 0.1) is 0 Å². The Balaban J connectivity index is 1.71. The molecule has 2 nitrogen and oxygen atoms in total. The van der Waals surface area contributed by atoms with Crippen LogP contribution in [0, 0.1) is 13.8 Å². The summed E-state index contributed by atoms with van der Waals surface area (Å²) in [7, 11) is 4.33. The lowest BCUT2D eigenvalue weighted by Crippen LogP contribution is -1.92. The van der Waals surface area contributed by atoms with Crippen molar-refractivity contribution in [3.8, 4) is 11.1 Å². The summed E-state index contributed by atoms with van der Waals surface area (Å²) in [4.78, 5) is 0. The number of para-hydroxylation sites is 2. The van der Waals surface area contributed by atoms with Crippen molar-refractivity contribution < 1.29 is 0 Å². The molecule has 0 aliphatic heterocycles. The Morgan fingerprint density at radius 1 is 0.467 bits per heavy atom. The highest BCUT2D eigenvalue weighted by Gasteiger charge is 2.15. The van der Waals surface area contributed by atoms with Crippen molar-refractivity contribution in [1.29, 1.82) is 0 Å². The molecule has 0 radical (unpaired) electrons. The minimum Gasteiger partial charge on any atom is -0.344 e. The van der Waals surface area contributed by atoms with Crippen LogP contribution < -0.4 is 0 Å². The molecule has 0 atom stereocenters. The third-order valence-electron chi connectivity index (χ3n) is 6.81. The maximum atomic E-state index is 2.40. The third kappa shape index (κ3) is 2.19. The van der Waals surface area contributed by atoms with Crippen molar-refractivity contribution in [2.75, 3.05) is 0 Å². The molecule has 6 aromatic rings. The molecule has 0 spiro atoms. The highest BCUT2D eigenvalue weighted by molar-refractivity contribution is 6.12. The molecule has 146 valence electrons. The Labute approximate surface area is 176 Å². The summed E-state index contributed by atoms with van der Waals surface area (Å²) in [5, 5.41) is 5.29. The van der Waals surface area contributed by atoms with Crippen LogP contribution in [-0.4, -0.2) is 9.13 Å². The molecule has 2 heterocycles. The van der Waals surface area contributed by atoms with Crippen molar-refractivity contribution in [1.82, 2.24) is 9.13 Å². The minimum atomic E-state index is 1.28. The summed E-state index contributed by atoms with van der Waals surface area (Å²) in [6.07, 6.45) is 0. The fourth-order valence-electron chi connectivity index (χ4n) is 5.20. The maximum Gasteiger partial charge on any atom is 0.0491 e. The first-order valence-corrected chi connectivity index (χ1v) is 10.5. The fourth-order valence-corrected chi connectivity index (χ4v) is 5.20. The minimum absolute atomic E-state index is 1.28. The average Bonchev–Trinajstić information content (AvgIpc) is 3.19. The zero-order valence-corrected chi connectivity index (χ0v) is 17.8. The van der Waals surface area contributed by atoms with Crippen molar-refractivity contribution in [2.24, 2.45) is 14.1 Å². The summed E-state index contributed by atoms with van der Waals surface area (Å²) >= 11 is 0. The van der Waals surface area contributed by atoms with Gasteiger partial charge in [-0.1, -0.05) is 36.4 Å². The smallest absolute Gasteiger partial charge is 0.0491 e. The number of aromatic nitrogens is 2. The largest absolute Gasteiger partial charge is 0.344 e. The van der Waals surface area contributed by atoms with Gasteiger partial charge in [-0.15, -0.1) is 0 Å². The summed E-state index contributed by atoms with van der Waals surface area (Å²) in [5.74, 6) is 0. The molecule has 2 aromatic heterocycles. The second-order valence-electron chi connectivity index (χ2n) is 8.52.